The minimum absolute atomic E-state index is 0.112. The van der Waals surface area contributed by atoms with Crippen LogP contribution in [0.4, 0.5) is 5.69 Å². The lowest BCUT2D eigenvalue weighted by Gasteiger charge is -2.05. The van der Waals surface area contributed by atoms with Crippen LogP contribution in [0.2, 0.25) is 0 Å². The summed E-state index contributed by atoms with van der Waals surface area (Å²) in [6.07, 6.45) is 0.582. The summed E-state index contributed by atoms with van der Waals surface area (Å²) >= 11 is 0. The second-order valence-electron chi connectivity index (χ2n) is 3.84. The largest absolute Gasteiger partial charge is 0.441 e. The number of anilines is 1. The lowest BCUT2D eigenvalue weighted by atomic mass is 10.3. The fourth-order valence-corrected chi connectivity index (χ4v) is 2.73. The average molecular weight is 254 g/mol. The van der Waals surface area contributed by atoms with Crippen molar-refractivity contribution in [2.75, 3.05) is 10.5 Å². The highest BCUT2D eigenvalue weighted by Gasteiger charge is 2.10. The molecule has 1 heterocycles. The third kappa shape index (κ3) is 2.76. The Hall–Kier alpha value is -1.56. The van der Waals surface area contributed by atoms with Crippen LogP contribution >= 0.6 is 0 Å². The summed E-state index contributed by atoms with van der Waals surface area (Å²) in [7, 11) is -3.26. The standard InChI is InChI=1S/C11H14N2O3S/c1-3-6-17(14,15)13-9-4-5-10-11(7-9)16-8(2)12-10/h4-5,7,13H,3,6H2,1-2H3. The number of hydrogen-bond acceptors (Lipinski definition) is 4. The van der Waals surface area contributed by atoms with Gasteiger partial charge in [0.1, 0.15) is 5.52 Å². The van der Waals surface area contributed by atoms with E-state index in [2.05, 4.69) is 9.71 Å². The topological polar surface area (TPSA) is 72.2 Å². The molecule has 5 nitrogen and oxygen atoms in total. The third-order valence-electron chi connectivity index (χ3n) is 2.24. The van der Waals surface area contributed by atoms with Crippen LogP contribution in [0.25, 0.3) is 11.1 Å². The van der Waals surface area contributed by atoms with Crippen LogP contribution in [0.5, 0.6) is 0 Å². The fourth-order valence-electron chi connectivity index (χ4n) is 1.60. The van der Waals surface area contributed by atoms with Crippen LogP contribution in [0.15, 0.2) is 22.6 Å². The number of nitrogens with zero attached hydrogens (tertiary/aromatic N) is 1. The molecule has 0 unspecified atom stereocenters. The van der Waals surface area contributed by atoms with Gasteiger partial charge in [0.25, 0.3) is 0 Å². The molecule has 17 heavy (non-hydrogen) atoms. The van der Waals surface area contributed by atoms with Crippen molar-refractivity contribution in [3.05, 3.63) is 24.1 Å². The van der Waals surface area contributed by atoms with Gasteiger partial charge in [0.2, 0.25) is 10.0 Å². The fraction of sp³-hybridized carbons (Fsp3) is 0.364. The summed E-state index contributed by atoms with van der Waals surface area (Å²) < 4.78 is 31.0. The average Bonchev–Trinajstić information content (AvgIpc) is 2.56. The summed E-state index contributed by atoms with van der Waals surface area (Å²) in [4.78, 5) is 4.14. The molecule has 6 heteroatoms. The van der Waals surface area contributed by atoms with Crippen LogP contribution < -0.4 is 4.72 Å². The maximum absolute atomic E-state index is 11.6. The number of oxazole rings is 1. The molecule has 0 bridgehead atoms. The molecule has 0 amide bonds. The Morgan fingerprint density at radius 3 is 2.88 bits per heavy atom. The van der Waals surface area contributed by atoms with Gasteiger partial charge in [-0.2, -0.15) is 0 Å². The van der Waals surface area contributed by atoms with Gasteiger partial charge in [0.05, 0.1) is 11.4 Å². The molecule has 1 aromatic carbocycles. The van der Waals surface area contributed by atoms with E-state index >= 15 is 0 Å². The van der Waals surface area contributed by atoms with Gasteiger partial charge in [-0.05, 0) is 18.6 Å². The number of fused-ring (bicyclic) bond motifs is 1. The number of sulfonamides is 1. The van der Waals surface area contributed by atoms with Crippen LogP contribution in [-0.4, -0.2) is 19.2 Å². The highest BCUT2D eigenvalue weighted by molar-refractivity contribution is 7.92. The summed E-state index contributed by atoms with van der Waals surface area (Å²) in [5.74, 6) is 0.675. The Bertz CT molecular complexity index is 631. The number of nitrogens with one attached hydrogen (secondary N) is 1. The van der Waals surface area contributed by atoms with E-state index in [0.29, 0.717) is 23.6 Å². The first-order valence-corrected chi connectivity index (χ1v) is 7.03. The number of rotatable bonds is 4. The minimum Gasteiger partial charge on any atom is -0.441 e. The summed E-state index contributed by atoms with van der Waals surface area (Å²) in [6, 6.07) is 5.05. The molecule has 2 aromatic rings. The van der Waals surface area contributed by atoms with Gasteiger partial charge in [-0.15, -0.1) is 0 Å². The summed E-state index contributed by atoms with van der Waals surface area (Å²) in [6.45, 7) is 3.57. The van der Waals surface area contributed by atoms with Crippen LogP contribution in [-0.2, 0) is 10.0 Å². The molecule has 0 fully saturated rings. The summed E-state index contributed by atoms with van der Waals surface area (Å²) in [5.41, 5.74) is 1.81. The van der Waals surface area contributed by atoms with Crippen molar-refractivity contribution in [3.63, 3.8) is 0 Å². The third-order valence-corrected chi connectivity index (χ3v) is 3.73. The maximum Gasteiger partial charge on any atom is 0.232 e. The van der Waals surface area contributed by atoms with Crippen molar-refractivity contribution in [2.45, 2.75) is 20.3 Å². The van der Waals surface area contributed by atoms with E-state index in [1.807, 2.05) is 6.92 Å². The molecule has 0 atom stereocenters. The zero-order valence-electron chi connectivity index (χ0n) is 9.73. The van der Waals surface area contributed by atoms with Gasteiger partial charge in [-0.1, -0.05) is 6.92 Å². The second-order valence-corrected chi connectivity index (χ2v) is 5.68. The highest BCUT2D eigenvalue weighted by atomic mass is 32.2. The van der Waals surface area contributed by atoms with Crippen molar-refractivity contribution in [1.29, 1.82) is 0 Å². The van der Waals surface area contributed by atoms with Crippen molar-refractivity contribution in [1.82, 2.24) is 4.98 Å². The smallest absolute Gasteiger partial charge is 0.232 e. The molecule has 92 valence electrons. The first-order valence-electron chi connectivity index (χ1n) is 5.38. The zero-order chi connectivity index (χ0) is 12.5. The van der Waals surface area contributed by atoms with E-state index < -0.39 is 10.0 Å². The zero-order valence-corrected chi connectivity index (χ0v) is 10.5. The van der Waals surface area contributed by atoms with E-state index in [1.54, 1.807) is 25.1 Å². The van der Waals surface area contributed by atoms with E-state index in [9.17, 15) is 8.42 Å². The molecule has 2 rings (SSSR count). The molecule has 1 aromatic heterocycles. The molecule has 0 aliphatic heterocycles. The van der Waals surface area contributed by atoms with E-state index in [-0.39, 0.29) is 5.75 Å². The Labute approximate surface area is 99.9 Å². The molecule has 0 spiro atoms. The van der Waals surface area contributed by atoms with Gasteiger partial charge in [0.15, 0.2) is 11.5 Å². The molecule has 1 N–H and O–H groups in total. The summed E-state index contributed by atoms with van der Waals surface area (Å²) in [5, 5.41) is 0. The SMILES string of the molecule is CCCS(=O)(=O)Nc1ccc2nc(C)oc2c1. The first kappa shape index (κ1) is 11.9. The Balaban J connectivity index is 2.31. The molecule has 0 saturated carbocycles. The van der Waals surface area contributed by atoms with Crippen molar-refractivity contribution < 1.29 is 12.8 Å². The predicted molar refractivity (Wildman–Crippen MR) is 66.4 cm³/mol. The van der Waals surface area contributed by atoms with Gasteiger partial charge >= 0.3 is 0 Å². The van der Waals surface area contributed by atoms with Gasteiger partial charge in [-0.3, -0.25) is 4.72 Å². The van der Waals surface area contributed by atoms with Crippen LogP contribution in [0.1, 0.15) is 19.2 Å². The molecule has 0 radical (unpaired) electrons. The highest BCUT2D eigenvalue weighted by Crippen LogP contribution is 2.20. The second kappa shape index (κ2) is 4.37. The molecule has 0 aliphatic carbocycles. The first-order chi connectivity index (χ1) is 8.00. The normalized spacial score (nSPS) is 11.9. The Morgan fingerprint density at radius 2 is 2.18 bits per heavy atom. The maximum atomic E-state index is 11.6. The predicted octanol–water partition coefficient (Wildman–Crippen LogP) is 2.29. The molecule has 0 saturated heterocycles. The molecular weight excluding hydrogens is 240 g/mol. The number of benzene rings is 1. The Kier molecular flexibility index (Phi) is 3.06. The lowest BCUT2D eigenvalue weighted by Crippen LogP contribution is -2.15. The lowest BCUT2D eigenvalue weighted by molar-refractivity contribution is 0.561. The molecule has 0 aliphatic rings. The van der Waals surface area contributed by atoms with Gasteiger partial charge in [-0.25, -0.2) is 13.4 Å². The minimum atomic E-state index is -3.26. The number of aryl methyl sites for hydroxylation is 1. The number of aromatic nitrogens is 1. The Morgan fingerprint density at radius 1 is 1.41 bits per heavy atom. The quantitative estimate of drug-likeness (QED) is 0.908. The van der Waals surface area contributed by atoms with Crippen molar-refractivity contribution in [2.24, 2.45) is 0 Å². The molecular formula is C11H14N2O3S. The van der Waals surface area contributed by atoms with E-state index in [0.717, 1.165) is 5.52 Å². The van der Waals surface area contributed by atoms with Crippen LogP contribution in [0, 0.1) is 6.92 Å². The van der Waals surface area contributed by atoms with Gasteiger partial charge in [0, 0.05) is 13.0 Å². The van der Waals surface area contributed by atoms with Crippen LogP contribution in [0.3, 0.4) is 0 Å². The monoisotopic (exact) mass is 254 g/mol. The van der Waals surface area contributed by atoms with Crippen molar-refractivity contribution in [3.8, 4) is 0 Å². The van der Waals surface area contributed by atoms with Gasteiger partial charge < -0.3 is 4.42 Å². The van der Waals surface area contributed by atoms with E-state index in [1.165, 1.54) is 0 Å². The van der Waals surface area contributed by atoms with Crippen molar-refractivity contribution >= 4 is 26.8 Å². The van der Waals surface area contributed by atoms with E-state index in [4.69, 9.17) is 4.42 Å². The number of hydrogen-bond donors (Lipinski definition) is 1.